The molecule has 0 aromatic heterocycles. The Hall–Kier alpha value is -0.630. The lowest BCUT2D eigenvalue weighted by Crippen LogP contribution is -2.24. The number of ketones is 1. The van der Waals surface area contributed by atoms with Gasteiger partial charge in [0.05, 0.1) is 6.10 Å². The summed E-state index contributed by atoms with van der Waals surface area (Å²) in [6.45, 7) is 8.91. The van der Waals surface area contributed by atoms with Crippen LogP contribution in [0.2, 0.25) is 0 Å². The highest BCUT2D eigenvalue weighted by Crippen LogP contribution is 2.17. The zero-order chi connectivity index (χ0) is 9.07. The number of carbonyl (C=O) groups excluding carboxylic acids is 1. The molecule has 0 fully saturated rings. The summed E-state index contributed by atoms with van der Waals surface area (Å²) in [5.74, 6) is 0.0601. The van der Waals surface area contributed by atoms with Crippen molar-refractivity contribution < 1.29 is 9.90 Å². The average Bonchev–Trinajstić information content (AvgIpc) is 1.85. The van der Waals surface area contributed by atoms with Crippen LogP contribution in [0.3, 0.4) is 0 Å². The Morgan fingerprint density at radius 3 is 2.36 bits per heavy atom. The van der Waals surface area contributed by atoms with Crippen molar-refractivity contribution in [3.05, 3.63) is 12.7 Å². The molecule has 0 radical (unpaired) electrons. The molecule has 0 heterocycles. The molecule has 1 unspecified atom stereocenters. The maximum atomic E-state index is 11.2. The molecule has 0 rings (SSSR count). The third kappa shape index (κ3) is 3.94. The molecule has 0 saturated carbocycles. The number of Topliss-reactive ketones (excluding diaryl/α,β-unsaturated/α-hetero) is 1. The first kappa shape index (κ1) is 10.4. The maximum absolute atomic E-state index is 11.2. The Kier molecular flexibility index (Phi) is 3.46. The second kappa shape index (κ2) is 3.67. The van der Waals surface area contributed by atoms with Gasteiger partial charge in [0.25, 0.3) is 0 Å². The summed E-state index contributed by atoms with van der Waals surface area (Å²) in [7, 11) is 0. The zero-order valence-electron chi connectivity index (χ0n) is 7.42. The van der Waals surface area contributed by atoms with E-state index >= 15 is 0 Å². The Morgan fingerprint density at radius 1 is 1.64 bits per heavy atom. The number of hydrogen-bond acceptors (Lipinski definition) is 2. The SMILES string of the molecule is C=CC(O)CC(=O)C(C)(C)C. The van der Waals surface area contributed by atoms with Crippen LogP contribution in [0.1, 0.15) is 27.2 Å². The van der Waals surface area contributed by atoms with Crippen LogP contribution in [0.25, 0.3) is 0 Å². The molecular weight excluding hydrogens is 140 g/mol. The fraction of sp³-hybridized carbons (Fsp3) is 0.667. The van der Waals surface area contributed by atoms with Gasteiger partial charge in [0.15, 0.2) is 0 Å². The topological polar surface area (TPSA) is 37.3 Å². The fourth-order valence-corrected chi connectivity index (χ4v) is 0.579. The highest BCUT2D eigenvalue weighted by Gasteiger charge is 2.22. The van der Waals surface area contributed by atoms with Crippen LogP contribution in [0.15, 0.2) is 12.7 Å². The minimum atomic E-state index is -0.693. The van der Waals surface area contributed by atoms with Crippen molar-refractivity contribution in [3.63, 3.8) is 0 Å². The molecule has 0 amide bonds. The van der Waals surface area contributed by atoms with Gasteiger partial charge < -0.3 is 5.11 Å². The number of hydrogen-bond donors (Lipinski definition) is 1. The van der Waals surface area contributed by atoms with E-state index in [0.29, 0.717) is 0 Å². The third-order valence-electron chi connectivity index (χ3n) is 1.50. The van der Waals surface area contributed by atoms with Crippen molar-refractivity contribution in [2.75, 3.05) is 0 Å². The molecule has 1 atom stereocenters. The van der Waals surface area contributed by atoms with E-state index in [2.05, 4.69) is 6.58 Å². The minimum Gasteiger partial charge on any atom is -0.389 e. The highest BCUT2D eigenvalue weighted by atomic mass is 16.3. The molecule has 2 nitrogen and oxygen atoms in total. The minimum absolute atomic E-state index is 0.0601. The first-order valence-corrected chi connectivity index (χ1v) is 3.72. The Bertz CT molecular complexity index is 153. The average molecular weight is 156 g/mol. The Balaban J connectivity index is 3.98. The summed E-state index contributed by atoms with van der Waals surface area (Å²) in [6, 6.07) is 0. The Morgan fingerprint density at radius 2 is 2.09 bits per heavy atom. The smallest absolute Gasteiger partial charge is 0.141 e. The molecule has 0 aliphatic carbocycles. The van der Waals surface area contributed by atoms with Crippen LogP contribution in [-0.2, 0) is 4.79 Å². The van der Waals surface area contributed by atoms with Crippen LogP contribution >= 0.6 is 0 Å². The van der Waals surface area contributed by atoms with Gasteiger partial charge in [-0.3, -0.25) is 4.79 Å². The van der Waals surface area contributed by atoms with Gasteiger partial charge in [-0.1, -0.05) is 26.8 Å². The molecule has 1 N–H and O–H groups in total. The number of carbonyl (C=O) groups is 1. The van der Waals surface area contributed by atoms with Gasteiger partial charge in [-0.2, -0.15) is 0 Å². The lowest BCUT2D eigenvalue weighted by Gasteiger charge is -2.17. The lowest BCUT2D eigenvalue weighted by molar-refractivity contribution is -0.127. The predicted molar refractivity (Wildman–Crippen MR) is 45.3 cm³/mol. The van der Waals surface area contributed by atoms with Crippen LogP contribution in [0.4, 0.5) is 0 Å². The van der Waals surface area contributed by atoms with Gasteiger partial charge in [-0.25, -0.2) is 0 Å². The predicted octanol–water partition coefficient (Wildman–Crippen LogP) is 1.54. The summed E-state index contributed by atoms with van der Waals surface area (Å²) >= 11 is 0. The van der Waals surface area contributed by atoms with Gasteiger partial charge in [0.2, 0.25) is 0 Å². The molecule has 0 aromatic rings. The first-order valence-electron chi connectivity index (χ1n) is 3.72. The van der Waals surface area contributed by atoms with Crippen molar-refractivity contribution in [1.82, 2.24) is 0 Å². The standard InChI is InChI=1S/C9H16O2/c1-5-7(10)6-8(11)9(2,3)4/h5,7,10H,1,6H2,2-4H3. The van der Waals surface area contributed by atoms with E-state index in [4.69, 9.17) is 5.11 Å². The monoisotopic (exact) mass is 156 g/mol. The molecule has 2 heteroatoms. The molecule has 0 spiro atoms. The van der Waals surface area contributed by atoms with Gasteiger partial charge in [0, 0.05) is 11.8 Å². The van der Waals surface area contributed by atoms with Gasteiger partial charge in [-0.05, 0) is 0 Å². The molecule has 11 heavy (non-hydrogen) atoms. The summed E-state index contributed by atoms with van der Waals surface area (Å²) in [5, 5.41) is 9.05. The fourth-order valence-electron chi connectivity index (χ4n) is 0.579. The van der Waals surface area contributed by atoms with Gasteiger partial charge in [-0.15, -0.1) is 6.58 Å². The summed E-state index contributed by atoms with van der Waals surface area (Å²) in [4.78, 5) is 11.2. The molecule has 0 bridgehead atoms. The van der Waals surface area contributed by atoms with E-state index in [9.17, 15) is 4.79 Å². The third-order valence-corrected chi connectivity index (χ3v) is 1.50. The number of aliphatic hydroxyl groups is 1. The summed E-state index contributed by atoms with van der Waals surface area (Å²) in [5.41, 5.74) is -0.357. The van der Waals surface area contributed by atoms with Crippen LogP contribution in [0.5, 0.6) is 0 Å². The normalized spacial score (nSPS) is 14.2. The van der Waals surface area contributed by atoms with E-state index in [1.807, 2.05) is 20.8 Å². The van der Waals surface area contributed by atoms with Gasteiger partial charge in [0.1, 0.15) is 5.78 Å². The quantitative estimate of drug-likeness (QED) is 0.629. The number of rotatable bonds is 3. The van der Waals surface area contributed by atoms with Crippen LogP contribution < -0.4 is 0 Å². The van der Waals surface area contributed by atoms with Crippen LogP contribution in [0, 0.1) is 5.41 Å². The molecule has 0 aliphatic rings. The second-order valence-electron chi connectivity index (χ2n) is 3.68. The second-order valence-corrected chi connectivity index (χ2v) is 3.68. The molecule has 0 aromatic carbocycles. The Labute approximate surface area is 67.9 Å². The van der Waals surface area contributed by atoms with E-state index in [0.717, 1.165) is 0 Å². The van der Waals surface area contributed by atoms with E-state index in [1.165, 1.54) is 6.08 Å². The van der Waals surface area contributed by atoms with E-state index in [1.54, 1.807) is 0 Å². The summed E-state index contributed by atoms with van der Waals surface area (Å²) in [6.07, 6.45) is 0.859. The maximum Gasteiger partial charge on any atom is 0.141 e. The zero-order valence-corrected chi connectivity index (χ0v) is 7.42. The van der Waals surface area contributed by atoms with Crippen molar-refractivity contribution in [2.45, 2.75) is 33.3 Å². The molecular formula is C9H16O2. The van der Waals surface area contributed by atoms with Crippen LogP contribution in [-0.4, -0.2) is 17.0 Å². The van der Waals surface area contributed by atoms with Crippen molar-refractivity contribution >= 4 is 5.78 Å². The summed E-state index contributed by atoms with van der Waals surface area (Å²) < 4.78 is 0. The largest absolute Gasteiger partial charge is 0.389 e. The molecule has 0 aliphatic heterocycles. The lowest BCUT2D eigenvalue weighted by atomic mass is 9.88. The van der Waals surface area contributed by atoms with E-state index in [-0.39, 0.29) is 17.6 Å². The van der Waals surface area contributed by atoms with Gasteiger partial charge >= 0.3 is 0 Å². The van der Waals surface area contributed by atoms with Crippen molar-refractivity contribution in [2.24, 2.45) is 5.41 Å². The van der Waals surface area contributed by atoms with Crippen molar-refractivity contribution in [3.8, 4) is 0 Å². The van der Waals surface area contributed by atoms with Crippen molar-refractivity contribution in [1.29, 1.82) is 0 Å². The molecule has 64 valence electrons. The highest BCUT2D eigenvalue weighted by molar-refractivity contribution is 5.84. The molecule has 0 saturated heterocycles. The van der Waals surface area contributed by atoms with E-state index < -0.39 is 6.10 Å². The first-order chi connectivity index (χ1) is 4.88. The number of aliphatic hydroxyl groups excluding tert-OH is 1.